The van der Waals surface area contributed by atoms with Crippen LogP contribution in [0.15, 0.2) is 23.7 Å². The topological polar surface area (TPSA) is 55.3 Å². The number of nitrogens with zero attached hydrogens (tertiary/aromatic N) is 3. The summed E-state index contributed by atoms with van der Waals surface area (Å²) in [5.74, 6) is 0. The van der Waals surface area contributed by atoms with E-state index in [0.717, 1.165) is 41.3 Å². The van der Waals surface area contributed by atoms with Gasteiger partial charge in [0.25, 0.3) is 0 Å². The fraction of sp³-hybridized carbons (Fsp3) is 0.500. The smallest absolute Gasteiger partial charge is 0.410 e. The lowest BCUT2D eigenvalue weighted by atomic mass is 10.1. The number of carbonyl (C=O) groups is 1. The van der Waals surface area contributed by atoms with Crippen LogP contribution in [0.4, 0.5) is 4.79 Å². The van der Waals surface area contributed by atoms with E-state index in [0.29, 0.717) is 0 Å². The molecule has 0 N–H and O–H groups in total. The first kappa shape index (κ1) is 16.9. The third kappa shape index (κ3) is 3.75. The maximum Gasteiger partial charge on any atom is 0.410 e. The first-order chi connectivity index (χ1) is 11.3. The van der Waals surface area contributed by atoms with E-state index < -0.39 is 5.60 Å². The summed E-state index contributed by atoms with van der Waals surface area (Å²) < 4.78 is 5.55. The van der Waals surface area contributed by atoms with Gasteiger partial charge in [0.05, 0.1) is 11.7 Å². The molecule has 0 aliphatic carbocycles. The Morgan fingerprint density at radius 3 is 2.88 bits per heavy atom. The zero-order chi connectivity index (χ0) is 17.3. The lowest BCUT2D eigenvalue weighted by molar-refractivity contribution is 0.0224. The van der Waals surface area contributed by atoms with Crippen LogP contribution in [0.2, 0.25) is 0 Å². The molecule has 0 bridgehead atoms. The fourth-order valence-electron chi connectivity index (χ4n) is 2.90. The first-order valence-electron chi connectivity index (χ1n) is 8.21. The Balaban J connectivity index is 1.84. The number of ether oxygens (including phenoxy) is 1. The first-order valence-corrected chi connectivity index (χ1v) is 9.09. The van der Waals surface area contributed by atoms with Gasteiger partial charge >= 0.3 is 6.09 Å². The summed E-state index contributed by atoms with van der Waals surface area (Å²) in [7, 11) is 0. The second kappa shape index (κ2) is 6.51. The highest BCUT2D eigenvalue weighted by Gasteiger charge is 2.33. The number of thiazole rings is 1. The second-order valence-corrected chi connectivity index (χ2v) is 7.96. The van der Waals surface area contributed by atoms with Crippen LogP contribution in [0.3, 0.4) is 0 Å². The Morgan fingerprint density at radius 1 is 1.42 bits per heavy atom. The second-order valence-electron chi connectivity index (χ2n) is 7.10. The van der Waals surface area contributed by atoms with Crippen LogP contribution in [-0.2, 0) is 4.74 Å². The van der Waals surface area contributed by atoms with Crippen molar-refractivity contribution < 1.29 is 9.53 Å². The van der Waals surface area contributed by atoms with Crippen molar-refractivity contribution in [3.63, 3.8) is 0 Å². The van der Waals surface area contributed by atoms with Crippen LogP contribution in [0.1, 0.15) is 50.9 Å². The van der Waals surface area contributed by atoms with Crippen LogP contribution in [0.25, 0.3) is 10.7 Å². The number of amides is 1. The number of rotatable bonds is 2. The normalized spacial score (nSPS) is 18.0. The van der Waals surface area contributed by atoms with Crippen molar-refractivity contribution in [2.24, 2.45) is 0 Å². The molecule has 1 fully saturated rings. The molecule has 24 heavy (non-hydrogen) atoms. The van der Waals surface area contributed by atoms with E-state index >= 15 is 0 Å². The van der Waals surface area contributed by atoms with E-state index in [1.54, 1.807) is 17.5 Å². The van der Waals surface area contributed by atoms with Crippen LogP contribution >= 0.6 is 11.3 Å². The molecule has 1 amide bonds. The summed E-state index contributed by atoms with van der Waals surface area (Å²) in [6, 6.07) is 4.07. The Kier molecular flexibility index (Phi) is 4.58. The highest BCUT2D eigenvalue weighted by atomic mass is 32.1. The largest absolute Gasteiger partial charge is 0.444 e. The number of likely N-dealkylation sites (tertiary alicyclic amines) is 1. The van der Waals surface area contributed by atoms with E-state index in [9.17, 15) is 4.79 Å². The molecule has 5 nitrogen and oxygen atoms in total. The van der Waals surface area contributed by atoms with Gasteiger partial charge in [0.2, 0.25) is 0 Å². The average Bonchev–Trinajstić information content (AvgIpc) is 3.14. The maximum atomic E-state index is 12.5. The van der Waals surface area contributed by atoms with Gasteiger partial charge in [-0.3, -0.25) is 4.98 Å². The highest BCUT2D eigenvalue weighted by Crippen LogP contribution is 2.34. The quantitative estimate of drug-likeness (QED) is 0.799. The van der Waals surface area contributed by atoms with Gasteiger partial charge in [-0.05, 0) is 58.2 Å². The number of hydrogen-bond donors (Lipinski definition) is 0. The molecule has 1 aliphatic rings. The highest BCUT2D eigenvalue weighted by molar-refractivity contribution is 7.13. The summed E-state index contributed by atoms with van der Waals surface area (Å²) in [5.41, 5.74) is 2.47. The number of carbonyl (C=O) groups excluding carboxylic acids is 1. The van der Waals surface area contributed by atoms with Crippen molar-refractivity contribution >= 4 is 17.4 Å². The minimum atomic E-state index is -0.480. The van der Waals surface area contributed by atoms with Crippen molar-refractivity contribution in [1.29, 1.82) is 0 Å². The molecule has 1 atom stereocenters. The van der Waals surface area contributed by atoms with Crippen molar-refractivity contribution in [3.05, 3.63) is 35.0 Å². The van der Waals surface area contributed by atoms with Crippen LogP contribution in [0.5, 0.6) is 0 Å². The monoisotopic (exact) mass is 345 g/mol. The molecule has 0 saturated carbocycles. The zero-order valence-corrected chi connectivity index (χ0v) is 15.4. The number of aromatic nitrogens is 2. The molecule has 3 rings (SSSR count). The van der Waals surface area contributed by atoms with Gasteiger partial charge in [0, 0.05) is 23.8 Å². The molecule has 0 unspecified atom stereocenters. The summed E-state index contributed by atoms with van der Waals surface area (Å²) in [6.07, 6.45) is 3.48. The summed E-state index contributed by atoms with van der Waals surface area (Å²) in [5, 5.41) is 2.93. The Labute approximate surface area is 146 Å². The van der Waals surface area contributed by atoms with Gasteiger partial charge in [0.1, 0.15) is 10.6 Å². The molecule has 0 radical (unpaired) electrons. The summed E-state index contributed by atoms with van der Waals surface area (Å²) >= 11 is 1.59. The SMILES string of the molecule is Cc1csc(-c2cc([C@H]3CCCN3C(=O)OC(C)(C)C)ccn2)n1. The molecule has 0 spiro atoms. The van der Waals surface area contributed by atoms with E-state index in [2.05, 4.69) is 9.97 Å². The summed E-state index contributed by atoms with van der Waals surface area (Å²) in [6.45, 7) is 8.39. The minimum Gasteiger partial charge on any atom is -0.444 e. The third-order valence-electron chi connectivity index (χ3n) is 3.89. The Bertz CT molecular complexity index is 736. The third-order valence-corrected chi connectivity index (χ3v) is 4.87. The van der Waals surface area contributed by atoms with Crippen molar-refractivity contribution in [1.82, 2.24) is 14.9 Å². The number of hydrogen-bond acceptors (Lipinski definition) is 5. The molecule has 1 aliphatic heterocycles. The zero-order valence-electron chi connectivity index (χ0n) is 14.6. The van der Waals surface area contributed by atoms with Crippen LogP contribution in [0, 0.1) is 6.92 Å². The Hall–Kier alpha value is -1.95. The van der Waals surface area contributed by atoms with E-state index in [1.165, 1.54) is 0 Å². The van der Waals surface area contributed by atoms with Gasteiger partial charge in [-0.1, -0.05) is 0 Å². The molecule has 2 aromatic rings. The van der Waals surface area contributed by atoms with E-state index in [1.807, 2.05) is 50.1 Å². The van der Waals surface area contributed by atoms with Gasteiger partial charge in [-0.2, -0.15) is 0 Å². The minimum absolute atomic E-state index is 0.0441. The maximum absolute atomic E-state index is 12.5. The average molecular weight is 345 g/mol. The van der Waals surface area contributed by atoms with Gasteiger partial charge in [-0.25, -0.2) is 9.78 Å². The standard InChI is InChI=1S/C18H23N3O2S/c1-12-11-24-16(20-12)14-10-13(7-8-19-14)15-6-5-9-21(15)17(22)23-18(2,3)4/h7-8,10-11,15H,5-6,9H2,1-4H3/t15-/m1/s1. The summed E-state index contributed by atoms with van der Waals surface area (Å²) in [4.78, 5) is 23.3. The van der Waals surface area contributed by atoms with Crippen LogP contribution < -0.4 is 0 Å². The van der Waals surface area contributed by atoms with Gasteiger partial charge < -0.3 is 9.64 Å². The van der Waals surface area contributed by atoms with Gasteiger partial charge in [0.15, 0.2) is 0 Å². The lowest BCUT2D eigenvalue weighted by Gasteiger charge is -2.28. The lowest BCUT2D eigenvalue weighted by Crippen LogP contribution is -2.36. The molecule has 6 heteroatoms. The molecular weight excluding hydrogens is 322 g/mol. The Morgan fingerprint density at radius 2 is 2.21 bits per heavy atom. The predicted octanol–water partition coefficient (Wildman–Crippen LogP) is 4.59. The van der Waals surface area contributed by atoms with Gasteiger partial charge in [-0.15, -0.1) is 11.3 Å². The van der Waals surface area contributed by atoms with E-state index in [4.69, 9.17) is 4.74 Å². The molecule has 2 aromatic heterocycles. The molecular formula is C18H23N3O2S. The predicted molar refractivity (Wildman–Crippen MR) is 95.0 cm³/mol. The molecule has 3 heterocycles. The fourth-order valence-corrected chi connectivity index (χ4v) is 3.66. The van der Waals surface area contributed by atoms with Crippen molar-refractivity contribution in [3.8, 4) is 10.7 Å². The number of pyridine rings is 1. The van der Waals surface area contributed by atoms with Crippen molar-refractivity contribution in [2.45, 2.75) is 52.2 Å². The van der Waals surface area contributed by atoms with E-state index in [-0.39, 0.29) is 12.1 Å². The van der Waals surface area contributed by atoms with Crippen molar-refractivity contribution in [2.75, 3.05) is 6.54 Å². The van der Waals surface area contributed by atoms with Crippen LogP contribution in [-0.4, -0.2) is 33.1 Å². The molecule has 128 valence electrons. The molecule has 0 aromatic carbocycles. The molecule has 1 saturated heterocycles. The number of aryl methyl sites for hydroxylation is 1.